The van der Waals surface area contributed by atoms with Crippen molar-refractivity contribution < 1.29 is 4.79 Å². The number of ketones is 1. The molecule has 4 N–H and O–H groups in total. The van der Waals surface area contributed by atoms with E-state index < -0.39 is 0 Å². The first-order valence-electron chi connectivity index (χ1n) is 7.29. The largest absolute Gasteiger partial charge is 0.393 e. The molecule has 1 aromatic carbocycles. The Labute approximate surface area is 139 Å². The number of nitrogens with zero attached hydrogens (tertiary/aromatic N) is 3. The first-order valence-corrected chi connectivity index (χ1v) is 7.29. The van der Waals surface area contributed by atoms with Crippen molar-refractivity contribution in [2.45, 2.75) is 6.92 Å². The summed E-state index contributed by atoms with van der Waals surface area (Å²) < 4.78 is 0. The minimum absolute atomic E-state index is 0.00523. The van der Waals surface area contributed by atoms with Crippen molar-refractivity contribution in [2.24, 2.45) is 0 Å². The van der Waals surface area contributed by atoms with Gasteiger partial charge in [-0.3, -0.25) is 9.78 Å². The molecule has 0 fully saturated rings. The van der Waals surface area contributed by atoms with E-state index >= 15 is 0 Å². The zero-order valence-electron chi connectivity index (χ0n) is 13.0. The molecule has 7 heteroatoms. The van der Waals surface area contributed by atoms with Gasteiger partial charge in [-0.15, -0.1) is 0 Å². The highest BCUT2D eigenvalue weighted by molar-refractivity contribution is 5.95. The summed E-state index contributed by atoms with van der Waals surface area (Å²) in [7, 11) is 0. The molecular weight excluding hydrogens is 304 g/mol. The number of benzene rings is 1. The molecular formula is C17H16N6O. The number of carbonyl (C=O) groups is 1. The van der Waals surface area contributed by atoms with E-state index in [9.17, 15) is 4.79 Å². The molecule has 2 aromatic heterocycles. The SMILES string of the molecule is CC(=O)c1cccc(Nc2ncnc(Nc3ccncc3)c2N)c1. The van der Waals surface area contributed by atoms with E-state index in [1.807, 2.05) is 18.2 Å². The highest BCUT2D eigenvalue weighted by Crippen LogP contribution is 2.28. The van der Waals surface area contributed by atoms with Gasteiger partial charge in [-0.2, -0.15) is 0 Å². The second-order valence-electron chi connectivity index (χ2n) is 5.11. The molecule has 0 unspecified atom stereocenters. The lowest BCUT2D eigenvalue weighted by Crippen LogP contribution is -2.05. The Morgan fingerprint density at radius 3 is 2.33 bits per heavy atom. The van der Waals surface area contributed by atoms with Crippen LogP contribution < -0.4 is 16.4 Å². The molecule has 2 heterocycles. The van der Waals surface area contributed by atoms with Crippen LogP contribution in [0.4, 0.5) is 28.7 Å². The third-order valence-corrected chi connectivity index (χ3v) is 3.36. The smallest absolute Gasteiger partial charge is 0.159 e. The fraction of sp³-hybridized carbons (Fsp3) is 0.0588. The summed E-state index contributed by atoms with van der Waals surface area (Å²) in [6.07, 6.45) is 4.76. The molecule has 3 rings (SSSR count). The summed E-state index contributed by atoms with van der Waals surface area (Å²) in [5.74, 6) is 0.943. The van der Waals surface area contributed by atoms with Gasteiger partial charge in [0.1, 0.15) is 12.0 Å². The minimum Gasteiger partial charge on any atom is -0.393 e. The zero-order chi connectivity index (χ0) is 16.9. The minimum atomic E-state index is -0.00523. The fourth-order valence-electron chi connectivity index (χ4n) is 2.12. The molecule has 0 bridgehead atoms. The van der Waals surface area contributed by atoms with Crippen molar-refractivity contribution in [1.29, 1.82) is 0 Å². The van der Waals surface area contributed by atoms with Gasteiger partial charge >= 0.3 is 0 Å². The number of nitrogens with one attached hydrogen (secondary N) is 2. The van der Waals surface area contributed by atoms with Crippen LogP contribution in [0.5, 0.6) is 0 Å². The Bertz CT molecular complexity index is 866. The van der Waals surface area contributed by atoms with Gasteiger partial charge in [-0.25, -0.2) is 9.97 Å². The monoisotopic (exact) mass is 320 g/mol. The van der Waals surface area contributed by atoms with Crippen molar-refractivity contribution in [1.82, 2.24) is 15.0 Å². The van der Waals surface area contributed by atoms with Gasteiger partial charge in [-0.05, 0) is 31.2 Å². The first-order chi connectivity index (χ1) is 11.6. The fourth-order valence-corrected chi connectivity index (χ4v) is 2.12. The van der Waals surface area contributed by atoms with E-state index in [-0.39, 0.29) is 5.78 Å². The quantitative estimate of drug-likeness (QED) is 0.620. The number of carbonyl (C=O) groups excluding carboxylic acids is 1. The van der Waals surface area contributed by atoms with Crippen LogP contribution in [0.2, 0.25) is 0 Å². The standard InChI is InChI=1S/C17H16N6O/c1-11(24)12-3-2-4-14(9-12)23-17-15(18)16(20-10-21-17)22-13-5-7-19-8-6-13/h2-10H,18H2,1H3,(H2,19,20,21,22,23). The Morgan fingerprint density at radius 2 is 1.67 bits per heavy atom. The van der Waals surface area contributed by atoms with E-state index in [2.05, 4.69) is 25.6 Å². The molecule has 0 aliphatic rings. The molecule has 0 aliphatic carbocycles. The second kappa shape index (κ2) is 6.74. The van der Waals surface area contributed by atoms with Gasteiger partial charge in [0, 0.05) is 29.3 Å². The van der Waals surface area contributed by atoms with Crippen LogP contribution in [0.25, 0.3) is 0 Å². The maximum atomic E-state index is 11.5. The van der Waals surface area contributed by atoms with Crippen LogP contribution in [0.1, 0.15) is 17.3 Å². The van der Waals surface area contributed by atoms with Gasteiger partial charge in [0.2, 0.25) is 0 Å². The summed E-state index contributed by atoms with van der Waals surface area (Å²) in [5.41, 5.74) is 8.68. The lowest BCUT2D eigenvalue weighted by atomic mass is 10.1. The lowest BCUT2D eigenvalue weighted by Gasteiger charge is -2.12. The van der Waals surface area contributed by atoms with Gasteiger partial charge in [0.25, 0.3) is 0 Å². The molecule has 24 heavy (non-hydrogen) atoms. The van der Waals surface area contributed by atoms with Gasteiger partial charge < -0.3 is 16.4 Å². The van der Waals surface area contributed by atoms with Gasteiger partial charge in [-0.1, -0.05) is 12.1 Å². The molecule has 0 radical (unpaired) electrons. The van der Waals surface area contributed by atoms with E-state index in [4.69, 9.17) is 5.73 Å². The van der Waals surface area contributed by atoms with Crippen LogP contribution in [0.3, 0.4) is 0 Å². The van der Waals surface area contributed by atoms with Crippen LogP contribution in [-0.2, 0) is 0 Å². The Hall–Kier alpha value is -3.48. The van der Waals surface area contributed by atoms with Gasteiger partial charge in [0.15, 0.2) is 17.4 Å². The summed E-state index contributed by atoms with van der Waals surface area (Å²) in [5, 5.41) is 6.23. The molecule has 0 saturated heterocycles. The summed E-state index contributed by atoms with van der Waals surface area (Å²) in [6, 6.07) is 10.8. The summed E-state index contributed by atoms with van der Waals surface area (Å²) in [4.78, 5) is 23.8. The summed E-state index contributed by atoms with van der Waals surface area (Å²) >= 11 is 0. The average molecular weight is 320 g/mol. The molecule has 3 aromatic rings. The van der Waals surface area contributed by atoms with E-state index in [0.717, 1.165) is 11.4 Å². The number of Topliss-reactive ketones (excluding diaryl/α,β-unsaturated/α-hetero) is 1. The predicted octanol–water partition coefficient (Wildman–Crippen LogP) is 3.14. The third kappa shape index (κ3) is 3.46. The van der Waals surface area contributed by atoms with Crippen molar-refractivity contribution >= 4 is 34.5 Å². The van der Waals surface area contributed by atoms with Crippen molar-refractivity contribution in [2.75, 3.05) is 16.4 Å². The molecule has 0 amide bonds. The van der Waals surface area contributed by atoms with Crippen molar-refractivity contribution in [3.63, 3.8) is 0 Å². The van der Waals surface area contributed by atoms with Crippen molar-refractivity contribution in [3.05, 3.63) is 60.7 Å². The highest BCUT2D eigenvalue weighted by atomic mass is 16.1. The van der Waals surface area contributed by atoms with Crippen molar-refractivity contribution in [3.8, 4) is 0 Å². The Balaban J connectivity index is 1.85. The first kappa shape index (κ1) is 15.4. The van der Waals surface area contributed by atoms with Crippen LogP contribution in [-0.4, -0.2) is 20.7 Å². The molecule has 7 nitrogen and oxygen atoms in total. The number of anilines is 5. The number of pyridine rings is 1. The topological polar surface area (TPSA) is 106 Å². The van der Waals surface area contributed by atoms with Crippen LogP contribution in [0.15, 0.2) is 55.1 Å². The van der Waals surface area contributed by atoms with E-state index in [1.54, 1.807) is 30.6 Å². The lowest BCUT2D eigenvalue weighted by molar-refractivity contribution is 0.101. The molecule has 0 saturated carbocycles. The van der Waals surface area contributed by atoms with E-state index in [0.29, 0.717) is 22.9 Å². The average Bonchev–Trinajstić information content (AvgIpc) is 2.60. The Morgan fingerprint density at radius 1 is 1.00 bits per heavy atom. The highest BCUT2D eigenvalue weighted by Gasteiger charge is 2.09. The van der Waals surface area contributed by atoms with Crippen LogP contribution >= 0.6 is 0 Å². The molecule has 0 atom stereocenters. The van der Waals surface area contributed by atoms with E-state index in [1.165, 1.54) is 13.3 Å². The molecule has 0 spiro atoms. The second-order valence-corrected chi connectivity index (χ2v) is 5.11. The maximum absolute atomic E-state index is 11.5. The van der Waals surface area contributed by atoms with Gasteiger partial charge in [0.05, 0.1) is 0 Å². The summed E-state index contributed by atoms with van der Waals surface area (Å²) in [6.45, 7) is 1.52. The number of nitrogen functional groups attached to an aromatic ring is 1. The number of hydrogen-bond acceptors (Lipinski definition) is 7. The number of aromatic nitrogens is 3. The third-order valence-electron chi connectivity index (χ3n) is 3.36. The Kier molecular flexibility index (Phi) is 4.33. The number of hydrogen-bond donors (Lipinski definition) is 3. The van der Waals surface area contributed by atoms with Crippen LogP contribution in [0, 0.1) is 0 Å². The number of nitrogens with two attached hydrogens (primary N) is 1. The molecule has 0 aliphatic heterocycles. The predicted molar refractivity (Wildman–Crippen MR) is 93.7 cm³/mol. The molecule has 120 valence electrons. The normalized spacial score (nSPS) is 10.2. The maximum Gasteiger partial charge on any atom is 0.159 e. The number of rotatable bonds is 5. The zero-order valence-corrected chi connectivity index (χ0v) is 13.0.